The molecule has 3 N–H and O–H groups in total. The average Bonchev–Trinajstić information content (AvgIpc) is 3.34. The highest BCUT2D eigenvalue weighted by Crippen LogP contribution is 2.32. The van der Waals surface area contributed by atoms with Crippen molar-refractivity contribution in [2.24, 2.45) is 5.92 Å². The number of hydrogen-bond donors (Lipinski definition) is 3. The van der Waals surface area contributed by atoms with Crippen LogP contribution in [0.15, 0.2) is 18.2 Å². The molecular formula is C17H23N3O2. The van der Waals surface area contributed by atoms with Gasteiger partial charge in [-0.1, -0.05) is 6.07 Å². The van der Waals surface area contributed by atoms with Crippen LogP contribution >= 0.6 is 0 Å². The van der Waals surface area contributed by atoms with Crippen molar-refractivity contribution in [3.63, 3.8) is 0 Å². The molecule has 5 heteroatoms. The van der Waals surface area contributed by atoms with Crippen molar-refractivity contribution in [3.8, 4) is 0 Å². The first kappa shape index (κ1) is 14.9. The van der Waals surface area contributed by atoms with E-state index >= 15 is 0 Å². The highest BCUT2D eigenvalue weighted by Gasteiger charge is 2.29. The fourth-order valence-electron chi connectivity index (χ4n) is 2.47. The highest BCUT2D eigenvalue weighted by atomic mass is 16.2. The Morgan fingerprint density at radius 1 is 1.18 bits per heavy atom. The SMILES string of the molecule is Cc1ccc(C(=O)NC2CC2)cc1NC(=O)NC(C)C1CC1. The Labute approximate surface area is 130 Å². The zero-order valence-corrected chi connectivity index (χ0v) is 13.1. The molecule has 3 rings (SSSR count). The van der Waals surface area contributed by atoms with Crippen LogP contribution in [0.1, 0.15) is 48.5 Å². The Kier molecular flexibility index (Phi) is 4.05. The molecule has 2 aliphatic rings. The zero-order chi connectivity index (χ0) is 15.7. The number of urea groups is 1. The van der Waals surface area contributed by atoms with E-state index in [9.17, 15) is 9.59 Å². The van der Waals surface area contributed by atoms with E-state index in [0.29, 0.717) is 23.2 Å². The molecule has 0 spiro atoms. The van der Waals surface area contributed by atoms with E-state index in [1.165, 1.54) is 12.8 Å². The Hall–Kier alpha value is -2.04. The van der Waals surface area contributed by atoms with Gasteiger partial charge in [0.25, 0.3) is 5.91 Å². The number of hydrogen-bond acceptors (Lipinski definition) is 2. The second kappa shape index (κ2) is 5.99. The van der Waals surface area contributed by atoms with Crippen LogP contribution < -0.4 is 16.0 Å². The predicted molar refractivity (Wildman–Crippen MR) is 86.0 cm³/mol. The fourth-order valence-corrected chi connectivity index (χ4v) is 2.47. The van der Waals surface area contributed by atoms with E-state index in [1.807, 2.05) is 19.9 Å². The van der Waals surface area contributed by atoms with Crippen LogP contribution in [0, 0.1) is 12.8 Å². The minimum atomic E-state index is -0.206. The van der Waals surface area contributed by atoms with Crippen LogP contribution in [0.4, 0.5) is 10.5 Å². The second-order valence-corrected chi connectivity index (χ2v) is 6.50. The Morgan fingerprint density at radius 3 is 2.55 bits per heavy atom. The molecule has 1 aromatic rings. The van der Waals surface area contributed by atoms with Crippen LogP contribution in [-0.4, -0.2) is 24.0 Å². The second-order valence-electron chi connectivity index (χ2n) is 6.50. The van der Waals surface area contributed by atoms with Crippen molar-refractivity contribution < 1.29 is 9.59 Å². The maximum absolute atomic E-state index is 12.1. The summed E-state index contributed by atoms with van der Waals surface area (Å²) in [6.07, 6.45) is 4.50. The number of nitrogens with one attached hydrogen (secondary N) is 3. The van der Waals surface area contributed by atoms with Gasteiger partial charge >= 0.3 is 6.03 Å². The molecule has 5 nitrogen and oxygen atoms in total. The molecule has 22 heavy (non-hydrogen) atoms. The molecule has 0 bridgehead atoms. The smallest absolute Gasteiger partial charge is 0.319 e. The lowest BCUT2D eigenvalue weighted by Crippen LogP contribution is -2.37. The molecule has 1 aromatic carbocycles. The van der Waals surface area contributed by atoms with Crippen molar-refractivity contribution in [1.29, 1.82) is 0 Å². The molecule has 118 valence electrons. The van der Waals surface area contributed by atoms with Gasteiger partial charge in [0.1, 0.15) is 0 Å². The van der Waals surface area contributed by atoms with Crippen LogP contribution in [0.5, 0.6) is 0 Å². The molecule has 3 amide bonds. The number of aryl methyl sites for hydroxylation is 1. The van der Waals surface area contributed by atoms with E-state index in [-0.39, 0.29) is 18.0 Å². The lowest BCUT2D eigenvalue weighted by Gasteiger charge is -2.15. The summed E-state index contributed by atoms with van der Waals surface area (Å²) in [6.45, 7) is 3.95. The lowest BCUT2D eigenvalue weighted by atomic mass is 10.1. The number of anilines is 1. The van der Waals surface area contributed by atoms with Crippen LogP contribution in [0.25, 0.3) is 0 Å². The number of amides is 3. The lowest BCUT2D eigenvalue weighted by molar-refractivity contribution is 0.0951. The van der Waals surface area contributed by atoms with Gasteiger partial charge in [-0.3, -0.25) is 4.79 Å². The Morgan fingerprint density at radius 2 is 1.91 bits per heavy atom. The van der Waals surface area contributed by atoms with Gasteiger partial charge in [0.15, 0.2) is 0 Å². The van der Waals surface area contributed by atoms with Gasteiger partial charge in [0.05, 0.1) is 0 Å². The summed E-state index contributed by atoms with van der Waals surface area (Å²) in [5, 5.41) is 8.77. The van der Waals surface area contributed by atoms with Crippen LogP contribution in [0.2, 0.25) is 0 Å². The minimum absolute atomic E-state index is 0.0719. The molecule has 0 aliphatic heterocycles. The molecule has 2 saturated carbocycles. The summed E-state index contributed by atoms with van der Waals surface area (Å²) in [5.41, 5.74) is 2.21. The maximum Gasteiger partial charge on any atom is 0.319 e. The first-order valence-corrected chi connectivity index (χ1v) is 8.02. The van der Waals surface area contributed by atoms with Gasteiger partial charge in [-0.2, -0.15) is 0 Å². The first-order valence-electron chi connectivity index (χ1n) is 8.02. The molecule has 1 unspecified atom stereocenters. The van der Waals surface area contributed by atoms with Crippen molar-refractivity contribution in [2.75, 3.05) is 5.32 Å². The molecule has 0 radical (unpaired) electrons. The average molecular weight is 301 g/mol. The van der Waals surface area contributed by atoms with E-state index in [1.54, 1.807) is 12.1 Å². The van der Waals surface area contributed by atoms with Crippen molar-refractivity contribution >= 4 is 17.6 Å². The largest absolute Gasteiger partial charge is 0.349 e. The summed E-state index contributed by atoms with van der Waals surface area (Å²) >= 11 is 0. The van der Waals surface area contributed by atoms with Crippen molar-refractivity contribution in [3.05, 3.63) is 29.3 Å². The monoisotopic (exact) mass is 301 g/mol. The van der Waals surface area contributed by atoms with Gasteiger partial charge in [-0.05, 0) is 63.1 Å². The number of carbonyl (C=O) groups excluding carboxylic acids is 2. The first-order chi connectivity index (χ1) is 10.5. The minimum Gasteiger partial charge on any atom is -0.349 e. The molecule has 0 aromatic heterocycles. The Balaban J connectivity index is 1.63. The molecule has 2 aliphatic carbocycles. The third kappa shape index (κ3) is 3.78. The fraction of sp³-hybridized carbons (Fsp3) is 0.529. The standard InChI is InChI=1S/C17H23N3O2/c1-10-3-4-13(16(21)19-14-7-8-14)9-15(10)20-17(22)18-11(2)12-5-6-12/h3-4,9,11-12,14H,5-8H2,1-2H3,(H,19,21)(H2,18,20,22). The molecule has 1 atom stereocenters. The third-order valence-electron chi connectivity index (χ3n) is 4.35. The molecule has 2 fully saturated rings. The van der Waals surface area contributed by atoms with Gasteiger partial charge < -0.3 is 16.0 Å². The summed E-state index contributed by atoms with van der Waals surface area (Å²) in [4.78, 5) is 24.1. The van der Waals surface area contributed by atoms with E-state index in [2.05, 4.69) is 16.0 Å². The quantitative estimate of drug-likeness (QED) is 0.782. The summed E-state index contributed by atoms with van der Waals surface area (Å²) < 4.78 is 0. The Bertz CT molecular complexity index is 592. The topological polar surface area (TPSA) is 70.2 Å². The predicted octanol–water partition coefficient (Wildman–Crippen LogP) is 2.81. The van der Waals surface area contributed by atoms with Crippen molar-refractivity contribution in [1.82, 2.24) is 10.6 Å². The highest BCUT2D eigenvalue weighted by molar-refractivity contribution is 5.97. The van der Waals surface area contributed by atoms with Gasteiger partial charge in [0.2, 0.25) is 0 Å². The van der Waals surface area contributed by atoms with Gasteiger partial charge in [-0.15, -0.1) is 0 Å². The normalized spacial score (nSPS) is 18.5. The number of benzene rings is 1. The molecule has 0 heterocycles. The van der Waals surface area contributed by atoms with Gasteiger partial charge in [-0.25, -0.2) is 4.79 Å². The summed E-state index contributed by atoms with van der Waals surface area (Å²) in [6, 6.07) is 5.72. The van der Waals surface area contributed by atoms with E-state index < -0.39 is 0 Å². The van der Waals surface area contributed by atoms with Crippen molar-refractivity contribution in [2.45, 2.75) is 51.6 Å². The van der Waals surface area contributed by atoms with E-state index in [4.69, 9.17) is 0 Å². The maximum atomic E-state index is 12.1. The van der Waals surface area contributed by atoms with E-state index in [0.717, 1.165) is 18.4 Å². The third-order valence-corrected chi connectivity index (χ3v) is 4.35. The van der Waals surface area contributed by atoms with Gasteiger partial charge in [0, 0.05) is 23.3 Å². The number of carbonyl (C=O) groups is 2. The summed E-state index contributed by atoms with van der Waals surface area (Å²) in [7, 11) is 0. The number of rotatable bonds is 5. The molecule has 0 saturated heterocycles. The summed E-state index contributed by atoms with van der Waals surface area (Å²) in [5.74, 6) is 0.541. The van der Waals surface area contributed by atoms with Crippen LogP contribution in [0.3, 0.4) is 0 Å². The van der Waals surface area contributed by atoms with Crippen LogP contribution in [-0.2, 0) is 0 Å². The zero-order valence-electron chi connectivity index (χ0n) is 13.1. The molecular weight excluding hydrogens is 278 g/mol.